The number of ether oxygens (including phenoxy) is 2. The Kier molecular flexibility index (Phi) is 3.45. The second kappa shape index (κ2) is 4.63. The molecule has 0 spiro atoms. The minimum atomic E-state index is -0.0147. The molecule has 0 saturated heterocycles. The lowest BCUT2D eigenvalue weighted by atomic mass is 9.90. The first-order chi connectivity index (χ1) is 6.79. The number of rotatable bonds is 5. The van der Waals surface area contributed by atoms with Gasteiger partial charge in [0.1, 0.15) is 0 Å². The van der Waals surface area contributed by atoms with Crippen LogP contribution < -0.4 is 0 Å². The smallest absolute Gasteiger partial charge is 0.154 e. The molecule has 14 heavy (non-hydrogen) atoms. The summed E-state index contributed by atoms with van der Waals surface area (Å²) in [5.41, 5.74) is 0. The first-order valence-corrected chi connectivity index (χ1v) is 6.02. The molecule has 2 heteroatoms. The summed E-state index contributed by atoms with van der Waals surface area (Å²) in [4.78, 5) is 0. The summed E-state index contributed by atoms with van der Waals surface area (Å²) in [6, 6.07) is 0. The van der Waals surface area contributed by atoms with Gasteiger partial charge in [-0.1, -0.05) is 6.42 Å². The number of fused-ring (bicyclic) bond motifs is 2. The summed E-state index contributed by atoms with van der Waals surface area (Å²) in [7, 11) is 0. The summed E-state index contributed by atoms with van der Waals surface area (Å²) < 4.78 is 11.1. The monoisotopic (exact) mass is 198 g/mol. The number of hydrogen-bond donors (Lipinski definition) is 0. The molecule has 0 radical (unpaired) electrons. The average molecular weight is 198 g/mol. The lowest BCUT2D eigenvalue weighted by molar-refractivity contribution is -0.138. The zero-order valence-corrected chi connectivity index (χ0v) is 9.37. The van der Waals surface area contributed by atoms with Crippen LogP contribution in [0.2, 0.25) is 0 Å². The highest BCUT2D eigenvalue weighted by Gasteiger charge is 2.39. The van der Waals surface area contributed by atoms with Crippen LogP contribution in [-0.2, 0) is 9.47 Å². The molecule has 2 fully saturated rings. The zero-order chi connectivity index (χ0) is 9.97. The van der Waals surface area contributed by atoms with Crippen LogP contribution in [-0.4, -0.2) is 19.5 Å². The van der Waals surface area contributed by atoms with E-state index >= 15 is 0 Å². The van der Waals surface area contributed by atoms with Gasteiger partial charge in [-0.05, 0) is 50.9 Å². The fraction of sp³-hybridized carbons (Fsp3) is 1.00. The molecule has 0 aliphatic heterocycles. The van der Waals surface area contributed by atoms with Crippen LogP contribution in [0.15, 0.2) is 0 Å². The molecule has 3 unspecified atom stereocenters. The van der Waals surface area contributed by atoms with Gasteiger partial charge < -0.3 is 9.47 Å². The van der Waals surface area contributed by atoms with Gasteiger partial charge >= 0.3 is 0 Å². The van der Waals surface area contributed by atoms with E-state index in [4.69, 9.17) is 9.47 Å². The summed E-state index contributed by atoms with van der Waals surface area (Å²) in [6.07, 6.45) is 5.78. The molecule has 4 atom stereocenters. The van der Waals surface area contributed by atoms with Gasteiger partial charge in [-0.25, -0.2) is 0 Å². The maximum atomic E-state index is 5.70. The molecule has 0 aromatic carbocycles. The van der Waals surface area contributed by atoms with Gasteiger partial charge in [-0.3, -0.25) is 0 Å². The summed E-state index contributed by atoms with van der Waals surface area (Å²) >= 11 is 0. The Bertz CT molecular complexity index is 181. The maximum absolute atomic E-state index is 5.70. The largest absolute Gasteiger partial charge is 0.353 e. The third-order valence-corrected chi connectivity index (χ3v) is 3.83. The summed E-state index contributed by atoms with van der Waals surface area (Å²) in [5.74, 6) is 2.82. The van der Waals surface area contributed by atoms with E-state index in [0.29, 0.717) is 0 Å². The fourth-order valence-corrected chi connectivity index (χ4v) is 3.12. The van der Waals surface area contributed by atoms with Crippen molar-refractivity contribution in [1.82, 2.24) is 0 Å². The van der Waals surface area contributed by atoms with E-state index in [1.807, 2.05) is 13.8 Å². The van der Waals surface area contributed by atoms with E-state index in [2.05, 4.69) is 0 Å². The highest BCUT2D eigenvalue weighted by Crippen LogP contribution is 2.48. The van der Waals surface area contributed by atoms with E-state index in [1.165, 1.54) is 25.7 Å². The molecular formula is C12H22O2. The molecule has 82 valence electrons. The Morgan fingerprint density at radius 1 is 1.21 bits per heavy atom. The van der Waals surface area contributed by atoms with Crippen molar-refractivity contribution in [1.29, 1.82) is 0 Å². The Morgan fingerprint density at radius 2 is 2.07 bits per heavy atom. The van der Waals surface area contributed by atoms with Crippen LogP contribution in [0.5, 0.6) is 0 Å². The van der Waals surface area contributed by atoms with Crippen molar-refractivity contribution in [3.8, 4) is 0 Å². The standard InChI is InChI=1S/C12H22O2/c1-3-13-9(2)14-8-12-7-10-4-5-11(12)6-10/h9-12H,3-8H2,1-2H3/t9?,10?,11-,12?/m0/s1. The molecule has 0 heterocycles. The average Bonchev–Trinajstić information content (AvgIpc) is 2.76. The predicted octanol–water partition coefficient (Wildman–Crippen LogP) is 2.82. The van der Waals surface area contributed by atoms with Crippen LogP contribution in [0.25, 0.3) is 0 Å². The molecular weight excluding hydrogens is 176 g/mol. The second-order valence-corrected chi connectivity index (χ2v) is 4.79. The van der Waals surface area contributed by atoms with E-state index < -0.39 is 0 Å². The zero-order valence-electron chi connectivity index (χ0n) is 9.37. The molecule has 2 rings (SSSR count). The van der Waals surface area contributed by atoms with Gasteiger partial charge in [0.2, 0.25) is 0 Å². The van der Waals surface area contributed by atoms with Crippen molar-refractivity contribution in [3.05, 3.63) is 0 Å². The van der Waals surface area contributed by atoms with Crippen LogP contribution in [0.4, 0.5) is 0 Å². The molecule has 2 aliphatic carbocycles. The Morgan fingerprint density at radius 3 is 2.64 bits per heavy atom. The first-order valence-electron chi connectivity index (χ1n) is 6.02. The van der Waals surface area contributed by atoms with Gasteiger partial charge in [0.05, 0.1) is 6.61 Å². The SMILES string of the molecule is CCOC(C)OCC1CC2CC[C@H]1C2. The van der Waals surface area contributed by atoms with Crippen molar-refractivity contribution in [3.63, 3.8) is 0 Å². The van der Waals surface area contributed by atoms with Crippen LogP contribution in [0.1, 0.15) is 39.5 Å². The van der Waals surface area contributed by atoms with Gasteiger partial charge in [-0.2, -0.15) is 0 Å². The molecule has 0 amide bonds. The maximum Gasteiger partial charge on any atom is 0.154 e. The van der Waals surface area contributed by atoms with E-state index in [-0.39, 0.29) is 6.29 Å². The Hall–Kier alpha value is -0.0800. The lowest BCUT2D eigenvalue weighted by Crippen LogP contribution is -2.22. The van der Waals surface area contributed by atoms with Crippen molar-refractivity contribution in [2.45, 2.75) is 45.8 Å². The molecule has 2 aliphatic rings. The van der Waals surface area contributed by atoms with Crippen molar-refractivity contribution in [2.24, 2.45) is 17.8 Å². The molecule has 2 nitrogen and oxygen atoms in total. The second-order valence-electron chi connectivity index (χ2n) is 4.79. The van der Waals surface area contributed by atoms with Crippen LogP contribution in [0.3, 0.4) is 0 Å². The highest BCUT2D eigenvalue weighted by atomic mass is 16.7. The molecule has 2 saturated carbocycles. The minimum absolute atomic E-state index is 0.0147. The third-order valence-electron chi connectivity index (χ3n) is 3.83. The third kappa shape index (κ3) is 2.29. The van der Waals surface area contributed by atoms with E-state index in [1.54, 1.807) is 0 Å². The van der Waals surface area contributed by atoms with Gasteiger partial charge in [0.15, 0.2) is 6.29 Å². The quantitative estimate of drug-likeness (QED) is 0.632. The molecule has 0 aromatic rings. The summed E-state index contributed by atoms with van der Waals surface area (Å²) in [6.45, 7) is 5.67. The lowest BCUT2D eigenvalue weighted by Gasteiger charge is -2.23. The van der Waals surface area contributed by atoms with E-state index in [0.717, 1.165) is 31.0 Å². The van der Waals surface area contributed by atoms with Crippen molar-refractivity contribution >= 4 is 0 Å². The first kappa shape index (κ1) is 10.4. The van der Waals surface area contributed by atoms with Gasteiger partial charge in [0, 0.05) is 6.61 Å². The van der Waals surface area contributed by atoms with Crippen molar-refractivity contribution < 1.29 is 9.47 Å². The Labute approximate surface area is 87.0 Å². The summed E-state index contributed by atoms with van der Waals surface area (Å²) in [5, 5.41) is 0. The van der Waals surface area contributed by atoms with Crippen molar-refractivity contribution in [2.75, 3.05) is 13.2 Å². The van der Waals surface area contributed by atoms with E-state index in [9.17, 15) is 0 Å². The number of hydrogen-bond acceptors (Lipinski definition) is 2. The van der Waals surface area contributed by atoms with Crippen LogP contribution >= 0.6 is 0 Å². The topological polar surface area (TPSA) is 18.5 Å². The minimum Gasteiger partial charge on any atom is -0.353 e. The predicted molar refractivity (Wildman–Crippen MR) is 56.0 cm³/mol. The normalized spacial score (nSPS) is 37.7. The van der Waals surface area contributed by atoms with Gasteiger partial charge in [-0.15, -0.1) is 0 Å². The van der Waals surface area contributed by atoms with Gasteiger partial charge in [0.25, 0.3) is 0 Å². The molecule has 0 aromatic heterocycles. The fourth-order valence-electron chi connectivity index (χ4n) is 3.12. The Balaban J connectivity index is 1.66. The van der Waals surface area contributed by atoms with Crippen LogP contribution in [0, 0.1) is 17.8 Å². The molecule has 2 bridgehead atoms. The highest BCUT2D eigenvalue weighted by molar-refractivity contribution is 4.89. The molecule has 0 N–H and O–H groups in total.